The molecule has 5 heteroatoms. The highest BCUT2D eigenvalue weighted by molar-refractivity contribution is 6.32. The average molecular weight is 311 g/mol. The zero-order valence-corrected chi connectivity index (χ0v) is 11.8. The van der Waals surface area contributed by atoms with Crippen molar-refractivity contribution in [3.05, 3.63) is 69.1 Å². The van der Waals surface area contributed by atoms with Gasteiger partial charge in [0.05, 0.1) is 5.39 Å². The largest absolute Gasteiger partial charge is 0.422 e. The number of ketones is 2. The highest BCUT2D eigenvalue weighted by Crippen LogP contribution is 2.30. The lowest BCUT2D eigenvalue weighted by Gasteiger charge is -2.12. The Hall–Kier alpha value is -2.72. The van der Waals surface area contributed by atoms with Crippen LogP contribution in [0, 0.1) is 0 Å². The van der Waals surface area contributed by atoms with Gasteiger partial charge < -0.3 is 4.42 Å². The standard InChI is InChI=1S/C17H7ClO4/c18-8-1-6-14-11(7-8)9-2-3-10-12(19)4-5-13(20)15(10)16(9)17(21)22-14/h1-7H. The SMILES string of the molecule is O=C1C=CC(=O)c2c1ccc1c2c(=O)oc2ccc(Cl)cc21. The molecule has 0 saturated heterocycles. The van der Waals surface area contributed by atoms with Crippen molar-refractivity contribution in [3.63, 3.8) is 0 Å². The second kappa shape index (κ2) is 4.39. The summed E-state index contributed by atoms with van der Waals surface area (Å²) in [5.41, 5.74) is 0.0550. The van der Waals surface area contributed by atoms with Crippen molar-refractivity contribution in [1.29, 1.82) is 0 Å². The van der Waals surface area contributed by atoms with E-state index >= 15 is 0 Å². The van der Waals surface area contributed by atoms with Crippen LogP contribution < -0.4 is 5.63 Å². The van der Waals surface area contributed by atoms with Gasteiger partial charge in [0.2, 0.25) is 0 Å². The number of hydrogen-bond donors (Lipinski definition) is 0. The average Bonchev–Trinajstić information content (AvgIpc) is 2.51. The molecule has 0 N–H and O–H groups in total. The maximum atomic E-state index is 12.3. The third kappa shape index (κ3) is 1.68. The molecule has 0 amide bonds. The van der Waals surface area contributed by atoms with E-state index in [0.29, 0.717) is 21.4 Å². The van der Waals surface area contributed by atoms with Crippen LogP contribution in [0.25, 0.3) is 21.7 Å². The van der Waals surface area contributed by atoms with Gasteiger partial charge in [-0.15, -0.1) is 0 Å². The molecule has 0 aliphatic heterocycles. The molecule has 1 aromatic heterocycles. The van der Waals surface area contributed by atoms with Gasteiger partial charge in [-0.2, -0.15) is 0 Å². The maximum Gasteiger partial charge on any atom is 0.344 e. The normalized spacial score (nSPS) is 13.9. The lowest BCUT2D eigenvalue weighted by Crippen LogP contribution is -2.16. The first kappa shape index (κ1) is 13.0. The van der Waals surface area contributed by atoms with Gasteiger partial charge in [-0.3, -0.25) is 9.59 Å². The minimum atomic E-state index is -0.641. The third-order valence-electron chi connectivity index (χ3n) is 3.74. The summed E-state index contributed by atoms with van der Waals surface area (Å²) in [5.74, 6) is -0.684. The summed E-state index contributed by atoms with van der Waals surface area (Å²) in [6.45, 7) is 0. The van der Waals surface area contributed by atoms with Gasteiger partial charge in [-0.05, 0) is 36.4 Å². The van der Waals surface area contributed by atoms with Crippen molar-refractivity contribution in [2.75, 3.05) is 0 Å². The predicted octanol–water partition coefficient (Wildman–Crippen LogP) is 3.53. The molecule has 106 valence electrons. The van der Waals surface area contributed by atoms with Crippen molar-refractivity contribution in [1.82, 2.24) is 0 Å². The van der Waals surface area contributed by atoms with Crippen molar-refractivity contribution in [3.8, 4) is 0 Å². The van der Waals surface area contributed by atoms with Gasteiger partial charge in [0.1, 0.15) is 5.58 Å². The zero-order valence-electron chi connectivity index (χ0n) is 11.1. The van der Waals surface area contributed by atoms with Gasteiger partial charge >= 0.3 is 5.63 Å². The Labute approximate surface area is 128 Å². The molecule has 22 heavy (non-hydrogen) atoms. The molecule has 0 fully saturated rings. The van der Waals surface area contributed by atoms with Crippen LogP contribution >= 0.6 is 11.6 Å². The number of fused-ring (bicyclic) bond motifs is 5. The summed E-state index contributed by atoms with van der Waals surface area (Å²) in [6, 6.07) is 8.09. The van der Waals surface area contributed by atoms with Gasteiger partial charge in [0.15, 0.2) is 11.6 Å². The fourth-order valence-corrected chi connectivity index (χ4v) is 2.95. The maximum absolute atomic E-state index is 12.3. The van der Waals surface area contributed by atoms with Gasteiger partial charge in [-0.25, -0.2) is 4.79 Å². The molecule has 0 unspecified atom stereocenters. The Balaban J connectivity index is 2.29. The predicted molar refractivity (Wildman–Crippen MR) is 82.8 cm³/mol. The molecule has 0 bridgehead atoms. The number of rotatable bonds is 0. The molecule has 0 spiro atoms. The van der Waals surface area contributed by atoms with E-state index < -0.39 is 5.63 Å². The fraction of sp³-hybridized carbons (Fsp3) is 0. The molecule has 0 radical (unpaired) electrons. The summed E-state index contributed by atoms with van der Waals surface area (Å²) in [5, 5.41) is 1.78. The highest BCUT2D eigenvalue weighted by Gasteiger charge is 2.24. The van der Waals surface area contributed by atoms with E-state index in [1.54, 1.807) is 30.3 Å². The molecule has 4 nitrogen and oxygen atoms in total. The van der Waals surface area contributed by atoms with Crippen LogP contribution in [-0.4, -0.2) is 11.6 Å². The van der Waals surface area contributed by atoms with Crippen LogP contribution in [-0.2, 0) is 0 Å². The molecular formula is C17H7ClO4. The summed E-state index contributed by atoms with van der Waals surface area (Å²) < 4.78 is 5.28. The summed E-state index contributed by atoms with van der Waals surface area (Å²) >= 11 is 6.00. The minimum absolute atomic E-state index is 0.0978. The van der Waals surface area contributed by atoms with Crippen molar-refractivity contribution < 1.29 is 14.0 Å². The van der Waals surface area contributed by atoms with Crippen LogP contribution in [0.2, 0.25) is 5.02 Å². The van der Waals surface area contributed by atoms with Gasteiger partial charge in [0.25, 0.3) is 0 Å². The number of allylic oxidation sites excluding steroid dienone is 2. The molecule has 1 heterocycles. The second-order valence-corrected chi connectivity index (χ2v) is 5.44. The lowest BCUT2D eigenvalue weighted by molar-refractivity contribution is 0.0995. The summed E-state index contributed by atoms with van der Waals surface area (Å²) in [7, 11) is 0. The Kier molecular flexibility index (Phi) is 2.59. The Bertz CT molecular complexity index is 1090. The number of halogens is 1. The van der Waals surface area contributed by atoms with Crippen LogP contribution in [0.4, 0.5) is 0 Å². The first-order valence-corrected chi connectivity index (χ1v) is 6.90. The number of hydrogen-bond acceptors (Lipinski definition) is 4. The monoisotopic (exact) mass is 310 g/mol. The van der Waals surface area contributed by atoms with Crippen LogP contribution in [0.1, 0.15) is 20.7 Å². The van der Waals surface area contributed by atoms with Crippen LogP contribution in [0.5, 0.6) is 0 Å². The molecule has 0 saturated carbocycles. The molecule has 0 atom stereocenters. The van der Waals surface area contributed by atoms with E-state index in [4.69, 9.17) is 16.0 Å². The van der Waals surface area contributed by atoms with Crippen molar-refractivity contribution >= 4 is 44.9 Å². The van der Waals surface area contributed by atoms with Crippen LogP contribution in [0.15, 0.2) is 51.7 Å². The van der Waals surface area contributed by atoms with Crippen molar-refractivity contribution in [2.24, 2.45) is 0 Å². The third-order valence-corrected chi connectivity index (χ3v) is 3.98. The Morgan fingerprint density at radius 3 is 2.45 bits per heavy atom. The van der Waals surface area contributed by atoms with Crippen LogP contribution in [0.3, 0.4) is 0 Å². The summed E-state index contributed by atoms with van der Waals surface area (Å²) in [6.07, 6.45) is 2.38. The molecule has 2 aromatic carbocycles. The summed E-state index contributed by atoms with van der Waals surface area (Å²) in [4.78, 5) is 36.4. The highest BCUT2D eigenvalue weighted by atomic mass is 35.5. The van der Waals surface area contributed by atoms with Gasteiger partial charge in [0, 0.05) is 26.9 Å². The molecule has 3 aromatic rings. The van der Waals surface area contributed by atoms with Gasteiger partial charge in [-0.1, -0.05) is 17.7 Å². The van der Waals surface area contributed by atoms with E-state index in [9.17, 15) is 14.4 Å². The Morgan fingerprint density at radius 1 is 0.864 bits per heavy atom. The lowest BCUT2D eigenvalue weighted by atomic mass is 9.90. The van der Waals surface area contributed by atoms with E-state index in [1.807, 2.05) is 0 Å². The van der Waals surface area contributed by atoms with E-state index in [2.05, 4.69) is 0 Å². The van der Waals surface area contributed by atoms with E-state index in [-0.39, 0.29) is 28.1 Å². The molecule has 1 aliphatic carbocycles. The Morgan fingerprint density at radius 2 is 1.64 bits per heavy atom. The second-order valence-electron chi connectivity index (χ2n) is 5.00. The number of benzene rings is 2. The molecular weight excluding hydrogens is 304 g/mol. The molecule has 1 aliphatic rings. The minimum Gasteiger partial charge on any atom is -0.422 e. The zero-order chi connectivity index (χ0) is 15.4. The van der Waals surface area contributed by atoms with Crippen molar-refractivity contribution in [2.45, 2.75) is 0 Å². The first-order valence-electron chi connectivity index (χ1n) is 6.52. The topological polar surface area (TPSA) is 64.3 Å². The fourth-order valence-electron chi connectivity index (χ4n) is 2.78. The smallest absolute Gasteiger partial charge is 0.344 e. The first-order chi connectivity index (χ1) is 10.6. The number of carbonyl (C=O) groups is 2. The quantitative estimate of drug-likeness (QED) is 0.470. The number of carbonyl (C=O) groups excluding carboxylic acids is 2. The molecule has 4 rings (SSSR count). The van der Waals surface area contributed by atoms with E-state index in [1.165, 1.54) is 12.2 Å². The van der Waals surface area contributed by atoms with E-state index in [0.717, 1.165) is 0 Å².